The van der Waals surface area contributed by atoms with Crippen LogP contribution < -0.4 is 11.1 Å². The average molecular weight is 349 g/mol. The molecule has 0 atom stereocenters. The van der Waals surface area contributed by atoms with Crippen molar-refractivity contribution in [3.05, 3.63) is 18.0 Å². The van der Waals surface area contributed by atoms with Gasteiger partial charge in [0.05, 0.1) is 11.9 Å². The van der Waals surface area contributed by atoms with Crippen molar-refractivity contribution in [3.8, 4) is 0 Å². The van der Waals surface area contributed by atoms with Gasteiger partial charge in [-0.2, -0.15) is 0 Å². The standard InChI is InChI=1S/C17H27N5O3/c1-17(2,3)25-16(24)22-9-6-12(7-10-22)14(23)19-8-4-5-13-11-20-15(18)21-13/h4-5,11-12H,6-10H2,1-3H3,(H,19,23)(H3,18,20,21)/b5-4+. The molecule has 0 bridgehead atoms. The lowest BCUT2D eigenvalue weighted by molar-refractivity contribution is -0.126. The van der Waals surface area contributed by atoms with Crippen molar-refractivity contribution in [2.24, 2.45) is 5.92 Å². The second-order valence-electron chi connectivity index (χ2n) is 7.11. The van der Waals surface area contributed by atoms with E-state index in [0.29, 0.717) is 38.4 Å². The van der Waals surface area contributed by atoms with Gasteiger partial charge < -0.3 is 25.7 Å². The highest BCUT2D eigenvalue weighted by Gasteiger charge is 2.29. The number of rotatable bonds is 4. The third-order valence-electron chi connectivity index (χ3n) is 3.82. The molecule has 1 aliphatic heterocycles. The highest BCUT2D eigenvalue weighted by atomic mass is 16.6. The van der Waals surface area contributed by atoms with Gasteiger partial charge in [0.15, 0.2) is 5.95 Å². The molecule has 0 aliphatic carbocycles. The molecule has 0 radical (unpaired) electrons. The minimum Gasteiger partial charge on any atom is -0.444 e. The number of nitrogens with one attached hydrogen (secondary N) is 2. The van der Waals surface area contributed by atoms with Crippen LogP contribution in [-0.2, 0) is 9.53 Å². The summed E-state index contributed by atoms with van der Waals surface area (Å²) in [5.41, 5.74) is 5.77. The first-order chi connectivity index (χ1) is 11.7. The molecule has 1 aromatic heterocycles. The predicted octanol–water partition coefficient (Wildman–Crippen LogP) is 1.77. The van der Waals surface area contributed by atoms with Crippen LogP contribution in [0.5, 0.6) is 0 Å². The number of carbonyl (C=O) groups is 2. The molecule has 0 saturated carbocycles. The number of nitrogen functional groups attached to an aromatic ring is 1. The number of amides is 2. The van der Waals surface area contributed by atoms with Gasteiger partial charge in [-0.15, -0.1) is 0 Å². The minimum atomic E-state index is -0.503. The van der Waals surface area contributed by atoms with E-state index in [1.165, 1.54) is 0 Å². The summed E-state index contributed by atoms with van der Waals surface area (Å²) < 4.78 is 5.36. The van der Waals surface area contributed by atoms with Crippen molar-refractivity contribution >= 4 is 24.0 Å². The number of nitrogens with zero attached hydrogens (tertiary/aromatic N) is 2. The zero-order valence-corrected chi connectivity index (χ0v) is 15.0. The fraction of sp³-hybridized carbons (Fsp3) is 0.588. The van der Waals surface area contributed by atoms with Gasteiger partial charge in [0.25, 0.3) is 0 Å². The number of aromatic nitrogens is 2. The lowest BCUT2D eigenvalue weighted by atomic mass is 9.96. The number of nitrogens with two attached hydrogens (primary N) is 1. The number of H-pyrrole nitrogens is 1. The van der Waals surface area contributed by atoms with Crippen molar-refractivity contribution in [3.63, 3.8) is 0 Å². The normalized spacial score (nSPS) is 16.2. The summed E-state index contributed by atoms with van der Waals surface area (Å²) >= 11 is 0. The molecule has 8 nitrogen and oxygen atoms in total. The number of hydrogen-bond donors (Lipinski definition) is 3. The fourth-order valence-electron chi connectivity index (χ4n) is 2.58. The summed E-state index contributed by atoms with van der Waals surface area (Å²) in [6.07, 6.45) is 6.25. The van der Waals surface area contributed by atoms with Crippen LogP contribution in [0.3, 0.4) is 0 Å². The third-order valence-corrected chi connectivity index (χ3v) is 3.82. The van der Waals surface area contributed by atoms with E-state index in [-0.39, 0.29) is 17.9 Å². The lowest BCUT2D eigenvalue weighted by Gasteiger charge is -2.32. The molecular weight excluding hydrogens is 322 g/mol. The highest BCUT2D eigenvalue weighted by molar-refractivity contribution is 5.79. The smallest absolute Gasteiger partial charge is 0.410 e. The minimum absolute atomic E-state index is 0.0117. The Morgan fingerprint density at radius 2 is 2.12 bits per heavy atom. The van der Waals surface area contributed by atoms with Crippen LogP contribution in [0.1, 0.15) is 39.3 Å². The van der Waals surface area contributed by atoms with Crippen molar-refractivity contribution in [2.45, 2.75) is 39.2 Å². The van der Waals surface area contributed by atoms with Crippen LogP contribution in [-0.4, -0.2) is 52.1 Å². The molecule has 2 amide bonds. The predicted molar refractivity (Wildman–Crippen MR) is 95.6 cm³/mol. The SMILES string of the molecule is CC(C)(C)OC(=O)N1CCC(C(=O)NC/C=C/c2cnc(N)[nH]2)CC1. The quantitative estimate of drug-likeness (QED) is 0.766. The van der Waals surface area contributed by atoms with Gasteiger partial charge in [0.2, 0.25) is 5.91 Å². The molecule has 1 saturated heterocycles. The van der Waals surface area contributed by atoms with Crippen molar-refractivity contribution in [1.82, 2.24) is 20.2 Å². The van der Waals surface area contributed by atoms with Crippen LogP contribution in [0.15, 0.2) is 12.3 Å². The molecule has 1 aliphatic rings. The molecule has 0 spiro atoms. The third kappa shape index (κ3) is 6.13. The number of carbonyl (C=O) groups excluding carboxylic acids is 2. The molecule has 1 fully saturated rings. The van der Waals surface area contributed by atoms with Crippen molar-refractivity contribution in [2.75, 3.05) is 25.4 Å². The lowest BCUT2D eigenvalue weighted by Crippen LogP contribution is -2.44. The fourth-order valence-corrected chi connectivity index (χ4v) is 2.58. The Kier molecular flexibility index (Phi) is 6.06. The number of likely N-dealkylation sites (tertiary alicyclic amines) is 1. The molecule has 8 heteroatoms. The first-order valence-electron chi connectivity index (χ1n) is 8.47. The second-order valence-corrected chi connectivity index (χ2v) is 7.11. The van der Waals surface area contributed by atoms with E-state index < -0.39 is 5.60 Å². The molecule has 2 heterocycles. The molecule has 4 N–H and O–H groups in total. The maximum atomic E-state index is 12.2. The van der Waals surface area contributed by atoms with Gasteiger partial charge in [-0.05, 0) is 39.7 Å². The maximum absolute atomic E-state index is 12.2. The number of piperidine rings is 1. The van der Waals surface area contributed by atoms with E-state index in [2.05, 4.69) is 15.3 Å². The van der Waals surface area contributed by atoms with Gasteiger partial charge in [-0.25, -0.2) is 9.78 Å². The Balaban J connectivity index is 1.70. The summed E-state index contributed by atoms with van der Waals surface area (Å²) in [6, 6.07) is 0. The van der Waals surface area contributed by atoms with Crippen LogP contribution in [0.25, 0.3) is 6.08 Å². The molecule has 0 aromatic carbocycles. The average Bonchev–Trinajstić information content (AvgIpc) is 2.95. The molecule has 2 rings (SSSR count). The summed E-state index contributed by atoms with van der Waals surface area (Å²) in [4.78, 5) is 32.6. The summed E-state index contributed by atoms with van der Waals surface area (Å²) in [6.45, 7) is 7.04. The van der Waals surface area contributed by atoms with E-state index in [1.807, 2.05) is 32.9 Å². The summed E-state index contributed by atoms with van der Waals surface area (Å²) in [5, 5.41) is 2.89. The highest BCUT2D eigenvalue weighted by Crippen LogP contribution is 2.19. The number of aromatic amines is 1. The van der Waals surface area contributed by atoms with E-state index in [1.54, 1.807) is 11.1 Å². The summed E-state index contributed by atoms with van der Waals surface area (Å²) in [7, 11) is 0. The van der Waals surface area contributed by atoms with Gasteiger partial charge in [0.1, 0.15) is 5.60 Å². The van der Waals surface area contributed by atoms with Crippen LogP contribution in [0, 0.1) is 5.92 Å². The monoisotopic (exact) mass is 349 g/mol. The molecule has 25 heavy (non-hydrogen) atoms. The number of imidazole rings is 1. The first-order valence-corrected chi connectivity index (χ1v) is 8.47. The van der Waals surface area contributed by atoms with Crippen molar-refractivity contribution in [1.29, 1.82) is 0 Å². The van der Waals surface area contributed by atoms with E-state index >= 15 is 0 Å². The van der Waals surface area contributed by atoms with Crippen LogP contribution in [0.4, 0.5) is 10.7 Å². The topological polar surface area (TPSA) is 113 Å². The zero-order chi connectivity index (χ0) is 18.4. The first kappa shape index (κ1) is 18.8. The van der Waals surface area contributed by atoms with Gasteiger partial charge in [-0.3, -0.25) is 4.79 Å². The Morgan fingerprint density at radius 3 is 2.68 bits per heavy atom. The largest absolute Gasteiger partial charge is 0.444 e. The van der Waals surface area contributed by atoms with Gasteiger partial charge >= 0.3 is 6.09 Å². The van der Waals surface area contributed by atoms with Gasteiger partial charge in [0, 0.05) is 25.6 Å². The van der Waals surface area contributed by atoms with E-state index in [4.69, 9.17) is 10.5 Å². The maximum Gasteiger partial charge on any atom is 0.410 e. The Labute approximate surface area is 147 Å². The second kappa shape index (κ2) is 8.04. The summed E-state index contributed by atoms with van der Waals surface area (Å²) in [5.74, 6) is 0.299. The number of anilines is 1. The Hall–Kier alpha value is -2.51. The zero-order valence-electron chi connectivity index (χ0n) is 15.0. The van der Waals surface area contributed by atoms with E-state index in [9.17, 15) is 9.59 Å². The molecule has 1 aromatic rings. The number of hydrogen-bond acceptors (Lipinski definition) is 5. The Morgan fingerprint density at radius 1 is 1.44 bits per heavy atom. The number of ether oxygens (including phenoxy) is 1. The van der Waals surface area contributed by atoms with Crippen LogP contribution >= 0.6 is 0 Å². The van der Waals surface area contributed by atoms with Crippen LogP contribution in [0.2, 0.25) is 0 Å². The molecule has 138 valence electrons. The Bertz CT molecular complexity index is 624. The molecular formula is C17H27N5O3. The van der Waals surface area contributed by atoms with Crippen molar-refractivity contribution < 1.29 is 14.3 Å². The van der Waals surface area contributed by atoms with Gasteiger partial charge in [-0.1, -0.05) is 6.08 Å². The van der Waals surface area contributed by atoms with E-state index in [0.717, 1.165) is 5.69 Å². The molecule has 0 unspecified atom stereocenters.